The Morgan fingerprint density at radius 2 is 2.00 bits per heavy atom. The Morgan fingerprint density at radius 3 is 2.73 bits per heavy atom. The fraction of sp³-hybridized carbons (Fsp3) is 0.350. The number of hydrogen-bond donors (Lipinski definition) is 1. The highest BCUT2D eigenvalue weighted by atomic mass is 19.1. The minimum Gasteiger partial charge on any atom is -0.495 e. The molecule has 0 aliphatic carbocycles. The van der Waals surface area contributed by atoms with Gasteiger partial charge >= 0.3 is 0 Å². The summed E-state index contributed by atoms with van der Waals surface area (Å²) in [6, 6.07) is 13.3. The second kappa shape index (κ2) is 8.29. The first kappa shape index (κ1) is 18.4. The van der Waals surface area contributed by atoms with E-state index in [0.717, 1.165) is 5.56 Å². The number of nitrogens with zero attached hydrogens (tertiary/aromatic N) is 1. The SMILES string of the molecule is COc1ccccc1NC(=O)C(C)N1CCOC(c2ccc(F)cc2)C1. The summed E-state index contributed by atoms with van der Waals surface area (Å²) in [6.45, 7) is 3.64. The maximum absolute atomic E-state index is 13.1. The van der Waals surface area contributed by atoms with Gasteiger partial charge in [-0.15, -0.1) is 0 Å². The zero-order valence-corrected chi connectivity index (χ0v) is 14.9. The van der Waals surface area contributed by atoms with Crippen molar-refractivity contribution in [2.75, 3.05) is 32.1 Å². The average Bonchev–Trinajstić information content (AvgIpc) is 2.68. The van der Waals surface area contributed by atoms with Crippen molar-refractivity contribution >= 4 is 11.6 Å². The minimum absolute atomic E-state index is 0.103. The van der Waals surface area contributed by atoms with E-state index in [1.807, 2.05) is 25.1 Å². The van der Waals surface area contributed by atoms with Gasteiger partial charge in [-0.05, 0) is 36.8 Å². The van der Waals surface area contributed by atoms with E-state index in [9.17, 15) is 9.18 Å². The van der Waals surface area contributed by atoms with E-state index < -0.39 is 0 Å². The fourth-order valence-electron chi connectivity index (χ4n) is 3.05. The lowest BCUT2D eigenvalue weighted by molar-refractivity contribution is -0.124. The number of nitrogens with one attached hydrogen (secondary N) is 1. The molecular weight excluding hydrogens is 335 g/mol. The Labute approximate surface area is 152 Å². The quantitative estimate of drug-likeness (QED) is 0.892. The summed E-state index contributed by atoms with van der Waals surface area (Å²) in [5.41, 5.74) is 1.56. The van der Waals surface area contributed by atoms with Crippen molar-refractivity contribution in [2.24, 2.45) is 0 Å². The third-order valence-corrected chi connectivity index (χ3v) is 4.63. The molecule has 1 saturated heterocycles. The van der Waals surface area contributed by atoms with Crippen LogP contribution < -0.4 is 10.1 Å². The highest BCUT2D eigenvalue weighted by molar-refractivity contribution is 5.95. The van der Waals surface area contributed by atoms with Gasteiger partial charge in [0.25, 0.3) is 0 Å². The fourth-order valence-corrected chi connectivity index (χ4v) is 3.05. The van der Waals surface area contributed by atoms with Crippen LogP contribution in [0.25, 0.3) is 0 Å². The van der Waals surface area contributed by atoms with Crippen LogP contribution in [-0.2, 0) is 9.53 Å². The van der Waals surface area contributed by atoms with Gasteiger partial charge in [0, 0.05) is 13.1 Å². The number of benzene rings is 2. The highest BCUT2D eigenvalue weighted by Gasteiger charge is 2.29. The molecule has 26 heavy (non-hydrogen) atoms. The van der Waals surface area contributed by atoms with E-state index in [1.54, 1.807) is 25.3 Å². The number of para-hydroxylation sites is 2. The molecular formula is C20H23FN2O3. The molecule has 1 heterocycles. The monoisotopic (exact) mass is 358 g/mol. The van der Waals surface area contributed by atoms with Gasteiger partial charge in [0.15, 0.2) is 0 Å². The van der Waals surface area contributed by atoms with E-state index >= 15 is 0 Å². The van der Waals surface area contributed by atoms with Crippen LogP contribution in [0.4, 0.5) is 10.1 Å². The van der Waals surface area contributed by atoms with Gasteiger partial charge in [-0.2, -0.15) is 0 Å². The number of halogens is 1. The van der Waals surface area contributed by atoms with E-state index in [4.69, 9.17) is 9.47 Å². The molecule has 0 spiro atoms. The molecule has 0 bridgehead atoms. The van der Waals surface area contributed by atoms with Crippen molar-refractivity contribution in [3.05, 3.63) is 59.9 Å². The predicted molar refractivity (Wildman–Crippen MR) is 97.8 cm³/mol. The molecule has 138 valence electrons. The molecule has 2 aromatic carbocycles. The van der Waals surface area contributed by atoms with Gasteiger partial charge < -0.3 is 14.8 Å². The van der Waals surface area contributed by atoms with Crippen LogP contribution in [0.15, 0.2) is 48.5 Å². The Bertz CT molecular complexity index is 751. The second-order valence-electron chi connectivity index (χ2n) is 6.27. The van der Waals surface area contributed by atoms with Gasteiger partial charge in [-0.1, -0.05) is 24.3 Å². The van der Waals surface area contributed by atoms with E-state index in [-0.39, 0.29) is 23.9 Å². The molecule has 1 fully saturated rings. The Morgan fingerprint density at radius 1 is 1.27 bits per heavy atom. The average molecular weight is 358 g/mol. The number of carbonyl (C=O) groups excluding carboxylic acids is 1. The first-order valence-corrected chi connectivity index (χ1v) is 8.63. The second-order valence-corrected chi connectivity index (χ2v) is 6.27. The number of methoxy groups -OCH3 is 1. The van der Waals surface area contributed by atoms with Crippen molar-refractivity contribution in [1.29, 1.82) is 0 Å². The number of rotatable bonds is 5. The first-order chi connectivity index (χ1) is 12.6. The first-order valence-electron chi connectivity index (χ1n) is 8.63. The van der Waals surface area contributed by atoms with Crippen LogP contribution >= 0.6 is 0 Å². The number of morpholine rings is 1. The Kier molecular flexibility index (Phi) is 5.85. The molecule has 2 unspecified atom stereocenters. The summed E-state index contributed by atoms with van der Waals surface area (Å²) >= 11 is 0. The molecule has 6 heteroatoms. The van der Waals surface area contributed by atoms with E-state index in [1.165, 1.54) is 12.1 Å². The van der Waals surface area contributed by atoms with Crippen LogP contribution in [0.2, 0.25) is 0 Å². The molecule has 1 aliphatic heterocycles. The standard InChI is InChI=1S/C20H23FN2O3/c1-14(20(24)22-17-5-3-4-6-18(17)25-2)23-11-12-26-19(13-23)15-7-9-16(21)10-8-15/h3-10,14,19H,11-13H2,1-2H3,(H,22,24). The Balaban J connectivity index is 1.65. The third kappa shape index (κ3) is 4.20. The van der Waals surface area contributed by atoms with Crippen LogP contribution in [0, 0.1) is 5.82 Å². The van der Waals surface area contributed by atoms with Crippen LogP contribution in [0.3, 0.4) is 0 Å². The number of ether oxygens (including phenoxy) is 2. The number of amides is 1. The molecule has 3 rings (SSSR count). The van der Waals surface area contributed by atoms with Crippen molar-refractivity contribution < 1.29 is 18.7 Å². The molecule has 0 saturated carbocycles. The smallest absolute Gasteiger partial charge is 0.241 e. The lowest BCUT2D eigenvalue weighted by Crippen LogP contribution is -2.48. The predicted octanol–water partition coefficient (Wildman–Crippen LogP) is 3.23. The largest absolute Gasteiger partial charge is 0.495 e. The van der Waals surface area contributed by atoms with E-state index in [2.05, 4.69) is 10.2 Å². The van der Waals surface area contributed by atoms with Crippen molar-refractivity contribution in [2.45, 2.75) is 19.1 Å². The summed E-state index contributed by atoms with van der Waals surface area (Å²) < 4.78 is 24.2. The van der Waals surface area contributed by atoms with Crippen molar-refractivity contribution in [3.8, 4) is 5.75 Å². The van der Waals surface area contributed by atoms with Gasteiger partial charge in [0.1, 0.15) is 11.6 Å². The molecule has 1 aliphatic rings. The molecule has 0 radical (unpaired) electrons. The van der Waals surface area contributed by atoms with E-state index in [0.29, 0.717) is 31.1 Å². The van der Waals surface area contributed by atoms with Gasteiger partial charge in [-0.3, -0.25) is 9.69 Å². The Hall–Kier alpha value is -2.44. The number of carbonyl (C=O) groups is 1. The van der Waals surface area contributed by atoms with Crippen LogP contribution in [-0.4, -0.2) is 43.7 Å². The molecule has 0 aromatic heterocycles. The molecule has 2 aromatic rings. The zero-order valence-electron chi connectivity index (χ0n) is 14.9. The summed E-state index contributed by atoms with van der Waals surface area (Å²) in [5.74, 6) is 0.249. The zero-order chi connectivity index (χ0) is 18.5. The van der Waals surface area contributed by atoms with Crippen molar-refractivity contribution in [3.63, 3.8) is 0 Å². The maximum atomic E-state index is 13.1. The van der Waals surface area contributed by atoms with Gasteiger partial charge in [0.2, 0.25) is 5.91 Å². The van der Waals surface area contributed by atoms with Gasteiger partial charge in [-0.25, -0.2) is 4.39 Å². The highest BCUT2D eigenvalue weighted by Crippen LogP contribution is 2.26. The summed E-state index contributed by atoms with van der Waals surface area (Å²) in [7, 11) is 1.57. The summed E-state index contributed by atoms with van der Waals surface area (Å²) in [5, 5.41) is 2.92. The summed E-state index contributed by atoms with van der Waals surface area (Å²) in [6.07, 6.45) is -0.175. The molecule has 1 amide bonds. The normalized spacial score (nSPS) is 19.0. The minimum atomic E-state index is -0.327. The van der Waals surface area contributed by atoms with Crippen molar-refractivity contribution in [1.82, 2.24) is 4.90 Å². The topological polar surface area (TPSA) is 50.8 Å². The molecule has 5 nitrogen and oxygen atoms in total. The maximum Gasteiger partial charge on any atom is 0.241 e. The third-order valence-electron chi connectivity index (χ3n) is 4.63. The van der Waals surface area contributed by atoms with Gasteiger partial charge in [0.05, 0.1) is 31.5 Å². The molecule has 1 N–H and O–H groups in total. The molecule has 2 atom stereocenters. The lowest BCUT2D eigenvalue weighted by atomic mass is 10.1. The number of hydrogen-bond acceptors (Lipinski definition) is 4. The lowest BCUT2D eigenvalue weighted by Gasteiger charge is -2.36. The van der Waals surface area contributed by atoms with Crippen LogP contribution in [0.5, 0.6) is 5.75 Å². The number of anilines is 1. The summed E-state index contributed by atoms with van der Waals surface area (Å²) in [4.78, 5) is 14.7. The van der Waals surface area contributed by atoms with Crippen LogP contribution in [0.1, 0.15) is 18.6 Å².